The van der Waals surface area contributed by atoms with Crippen molar-refractivity contribution in [2.75, 3.05) is 13.7 Å². The first kappa shape index (κ1) is 39.5. The number of carbonyl (C=O) groups excluding carboxylic acids is 2. The molecule has 0 aromatic carbocycles. The predicted octanol–water partition coefficient (Wildman–Crippen LogP) is 4.75. The molecule has 1 unspecified atom stereocenters. The molecule has 202 valence electrons. The number of hydrogen-bond donors (Lipinski definition) is 0. The van der Waals surface area contributed by atoms with E-state index in [9.17, 15) is 9.59 Å². The first-order valence-electron chi connectivity index (χ1n) is 13.7. The number of aryl methyl sites for hydroxylation is 1. The van der Waals surface area contributed by atoms with Crippen molar-refractivity contribution in [2.45, 2.75) is 111 Å². The SMILES string of the molecule is CC.CCCCC/C=C\C/C=C\CCCCCCCC=O.COCC(C[C-]=O)Cc1cncn1C.[Na+]. The second kappa shape index (κ2) is 34.0. The van der Waals surface area contributed by atoms with Gasteiger partial charge in [-0.3, -0.25) is 6.29 Å². The number of imidazole rings is 1. The molecule has 1 aromatic rings. The normalized spacial score (nSPS) is 11.2. The Kier molecular flexibility index (Phi) is 37.3. The van der Waals surface area contributed by atoms with Crippen molar-refractivity contribution >= 4 is 12.6 Å². The van der Waals surface area contributed by atoms with Gasteiger partial charge in [-0.15, -0.1) is 6.42 Å². The monoisotopic (exact) mass is 512 g/mol. The van der Waals surface area contributed by atoms with Gasteiger partial charge in [-0.25, -0.2) is 4.98 Å². The van der Waals surface area contributed by atoms with E-state index in [-0.39, 0.29) is 35.5 Å². The number of aromatic nitrogens is 2. The van der Waals surface area contributed by atoms with Gasteiger partial charge in [0.15, 0.2) is 0 Å². The molecule has 1 atom stereocenters. The molecule has 0 aliphatic rings. The molecule has 0 N–H and O–H groups in total. The smallest absolute Gasteiger partial charge is 0.542 e. The van der Waals surface area contributed by atoms with E-state index in [1.807, 2.05) is 37.9 Å². The third-order valence-corrected chi connectivity index (χ3v) is 5.46. The van der Waals surface area contributed by atoms with E-state index in [2.05, 4.69) is 36.2 Å². The molecule has 0 aliphatic carbocycles. The maximum atomic E-state index is 10.3. The van der Waals surface area contributed by atoms with Gasteiger partial charge in [-0.05, 0) is 50.9 Å². The molecule has 6 heteroatoms. The van der Waals surface area contributed by atoms with Crippen LogP contribution in [-0.2, 0) is 27.8 Å². The number of methoxy groups -OCH3 is 1. The topological polar surface area (TPSA) is 61.2 Å². The van der Waals surface area contributed by atoms with Crippen molar-refractivity contribution < 1.29 is 43.9 Å². The van der Waals surface area contributed by atoms with Crippen molar-refractivity contribution in [3.8, 4) is 0 Å². The predicted molar refractivity (Wildman–Crippen MR) is 149 cm³/mol. The minimum atomic E-state index is 0. The first-order valence-corrected chi connectivity index (χ1v) is 13.7. The fourth-order valence-electron chi connectivity index (χ4n) is 3.46. The Morgan fingerprint density at radius 2 is 1.56 bits per heavy atom. The molecule has 5 nitrogen and oxygen atoms in total. The maximum Gasteiger partial charge on any atom is 1.00 e. The number of nitrogens with zero attached hydrogens (tertiary/aromatic N) is 2. The summed E-state index contributed by atoms with van der Waals surface area (Å²) in [5.74, 6) is 0.202. The zero-order valence-electron chi connectivity index (χ0n) is 24.3. The van der Waals surface area contributed by atoms with Crippen LogP contribution in [0.1, 0.15) is 110 Å². The van der Waals surface area contributed by atoms with Gasteiger partial charge in [-0.2, -0.15) is 0 Å². The fraction of sp³-hybridized carbons (Fsp3) is 0.700. The van der Waals surface area contributed by atoms with Crippen LogP contribution in [0.2, 0.25) is 0 Å². The fourth-order valence-corrected chi connectivity index (χ4v) is 3.46. The summed E-state index contributed by atoms with van der Waals surface area (Å²) >= 11 is 0. The summed E-state index contributed by atoms with van der Waals surface area (Å²) in [7, 11) is 3.58. The first-order chi connectivity index (χ1) is 17.2. The van der Waals surface area contributed by atoms with E-state index in [4.69, 9.17) is 4.74 Å². The molecule has 1 heterocycles. The van der Waals surface area contributed by atoms with Crippen molar-refractivity contribution in [1.82, 2.24) is 9.55 Å². The van der Waals surface area contributed by atoms with Crippen LogP contribution in [0, 0.1) is 5.92 Å². The van der Waals surface area contributed by atoms with Crippen LogP contribution in [0.4, 0.5) is 0 Å². The maximum absolute atomic E-state index is 10.3. The molecule has 0 fully saturated rings. The zero-order chi connectivity index (χ0) is 26.4. The summed E-state index contributed by atoms with van der Waals surface area (Å²) in [4.78, 5) is 24.4. The van der Waals surface area contributed by atoms with Gasteiger partial charge < -0.3 is 18.9 Å². The summed E-state index contributed by atoms with van der Waals surface area (Å²) in [5, 5.41) is 0. The molecule has 0 spiro atoms. The number of hydrogen-bond acceptors (Lipinski definition) is 4. The summed E-state index contributed by atoms with van der Waals surface area (Å²) < 4.78 is 6.99. The Hall–Kier alpha value is -1.01. The van der Waals surface area contributed by atoms with Gasteiger partial charge >= 0.3 is 29.6 Å². The number of allylic oxidation sites excluding steroid dienone is 4. The van der Waals surface area contributed by atoms with E-state index in [0.717, 1.165) is 37.7 Å². The quantitative estimate of drug-likeness (QED) is 0.0831. The van der Waals surface area contributed by atoms with Gasteiger partial charge in [0.05, 0.1) is 6.33 Å². The van der Waals surface area contributed by atoms with E-state index in [0.29, 0.717) is 13.0 Å². The molecule has 0 saturated heterocycles. The van der Waals surface area contributed by atoms with Crippen LogP contribution in [0.3, 0.4) is 0 Å². The summed E-state index contributed by atoms with van der Waals surface area (Å²) in [6.07, 6.45) is 31.3. The number of aldehydes is 1. The standard InChI is InChI=1S/C18H32O.C10H15N2O2.C2H6.Na/c1-2-3-4-5-6-7-8-9-10-11-12-13-14-15-16-17-18-19;1-12-8-11-6-10(12)5-9(3-4-13)7-14-2;1-2;/h6-7,9-10,18H,2-5,8,11-17H2,1H3;6,8-9H,3,5,7H2,1-2H3;1-2H3;/q;-1;;+1/b7-6-,10-9-;;;. The van der Waals surface area contributed by atoms with Crippen molar-refractivity contribution in [2.24, 2.45) is 13.0 Å². The van der Waals surface area contributed by atoms with Crippen LogP contribution in [0.5, 0.6) is 0 Å². The Labute approximate surface area is 244 Å². The van der Waals surface area contributed by atoms with Crippen molar-refractivity contribution in [1.29, 1.82) is 0 Å². The Balaban J connectivity index is -0.000000569. The average Bonchev–Trinajstić information content (AvgIpc) is 3.27. The van der Waals surface area contributed by atoms with E-state index < -0.39 is 0 Å². The number of carbonyl (C=O) groups is 1. The van der Waals surface area contributed by atoms with Crippen LogP contribution in [0.25, 0.3) is 0 Å². The zero-order valence-corrected chi connectivity index (χ0v) is 26.3. The number of rotatable bonds is 20. The van der Waals surface area contributed by atoms with Crippen LogP contribution >= 0.6 is 0 Å². The van der Waals surface area contributed by atoms with Gasteiger partial charge in [0, 0.05) is 39.1 Å². The number of ether oxygens (including phenoxy) is 1. The van der Waals surface area contributed by atoms with Crippen LogP contribution < -0.4 is 29.6 Å². The molecular formula is C30H53N2NaO3. The van der Waals surface area contributed by atoms with Gasteiger partial charge in [0.25, 0.3) is 0 Å². The molecule has 0 radical (unpaired) electrons. The van der Waals surface area contributed by atoms with Gasteiger partial charge in [0.2, 0.25) is 0 Å². The molecule has 36 heavy (non-hydrogen) atoms. The molecule has 0 saturated carbocycles. The number of unbranched alkanes of at least 4 members (excludes halogenated alkanes) is 9. The summed E-state index contributed by atoms with van der Waals surface area (Å²) in [6.45, 7) is 6.83. The van der Waals surface area contributed by atoms with E-state index in [1.165, 1.54) is 57.8 Å². The van der Waals surface area contributed by atoms with E-state index >= 15 is 0 Å². The Morgan fingerprint density at radius 3 is 2.06 bits per heavy atom. The second-order valence-electron chi connectivity index (χ2n) is 8.56. The molecular weight excluding hydrogens is 459 g/mol. The third-order valence-electron chi connectivity index (χ3n) is 5.46. The summed E-state index contributed by atoms with van der Waals surface area (Å²) in [5.41, 5.74) is 1.11. The Bertz CT molecular complexity index is 629. The summed E-state index contributed by atoms with van der Waals surface area (Å²) in [6, 6.07) is 0. The molecule has 1 rings (SSSR count). The molecule has 0 aliphatic heterocycles. The van der Waals surface area contributed by atoms with Crippen molar-refractivity contribution in [3.05, 3.63) is 42.5 Å². The minimum Gasteiger partial charge on any atom is -0.542 e. The largest absolute Gasteiger partial charge is 1.00 e. The van der Waals surface area contributed by atoms with Gasteiger partial charge in [-0.1, -0.05) is 77.2 Å². The third kappa shape index (κ3) is 27.6. The second-order valence-corrected chi connectivity index (χ2v) is 8.56. The Morgan fingerprint density at radius 1 is 0.972 bits per heavy atom. The molecule has 1 aromatic heterocycles. The van der Waals surface area contributed by atoms with Gasteiger partial charge in [0.1, 0.15) is 6.29 Å². The molecule has 0 bridgehead atoms. The van der Waals surface area contributed by atoms with Crippen LogP contribution in [-0.4, -0.2) is 35.8 Å². The molecule has 0 amide bonds. The van der Waals surface area contributed by atoms with Crippen LogP contribution in [0.15, 0.2) is 36.8 Å². The van der Waals surface area contributed by atoms with Crippen molar-refractivity contribution in [3.63, 3.8) is 0 Å². The minimum absolute atomic E-state index is 0. The average molecular weight is 513 g/mol. The van der Waals surface area contributed by atoms with E-state index in [1.54, 1.807) is 13.4 Å².